The topological polar surface area (TPSA) is 75.1 Å². The number of hydrogen-bond acceptors (Lipinski definition) is 6. The van der Waals surface area contributed by atoms with Crippen molar-refractivity contribution in [3.05, 3.63) is 71.8 Å². The standard InChI is InChI=1S/C12H12N2O2S.C9H11N/c1-2-11(15)16-8-7-13-12-14-9-5-3-4-6-10(9)17-12;1-7-3-4-8(2)9(5-7)6-10/h2-6H,1,7-8H2,(H,13,14);3-6,10H,1-2H3. The molecular formula is C21H23N3O2S. The van der Waals surface area contributed by atoms with Gasteiger partial charge in [0.25, 0.3) is 0 Å². The van der Waals surface area contributed by atoms with Gasteiger partial charge in [-0.25, -0.2) is 9.78 Å². The largest absolute Gasteiger partial charge is 0.461 e. The molecule has 5 nitrogen and oxygen atoms in total. The summed E-state index contributed by atoms with van der Waals surface area (Å²) in [5, 5.41) is 11.0. The number of thiazole rings is 1. The molecule has 140 valence electrons. The van der Waals surface area contributed by atoms with Crippen molar-refractivity contribution in [2.75, 3.05) is 18.5 Å². The second-order valence-corrected chi connectivity index (χ2v) is 6.82. The van der Waals surface area contributed by atoms with Gasteiger partial charge >= 0.3 is 5.97 Å². The minimum atomic E-state index is -0.406. The molecule has 27 heavy (non-hydrogen) atoms. The van der Waals surface area contributed by atoms with Gasteiger partial charge in [-0.15, -0.1) is 0 Å². The van der Waals surface area contributed by atoms with Gasteiger partial charge in [0.2, 0.25) is 0 Å². The highest BCUT2D eigenvalue weighted by molar-refractivity contribution is 7.22. The van der Waals surface area contributed by atoms with Crippen LogP contribution in [0.15, 0.2) is 55.1 Å². The lowest BCUT2D eigenvalue weighted by molar-refractivity contribution is -0.137. The Morgan fingerprint density at radius 2 is 2.07 bits per heavy atom. The van der Waals surface area contributed by atoms with Crippen LogP contribution in [0.25, 0.3) is 10.2 Å². The van der Waals surface area contributed by atoms with E-state index < -0.39 is 5.97 Å². The Labute approximate surface area is 163 Å². The minimum Gasteiger partial charge on any atom is -0.461 e. The van der Waals surface area contributed by atoms with Crippen molar-refractivity contribution < 1.29 is 9.53 Å². The maximum absolute atomic E-state index is 10.8. The van der Waals surface area contributed by atoms with Crippen molar-refractivity contribution in [2.24, 2.45) is 0 Å². The van der Waals surface area contributed by atoms with Gasteiger partial charge in [-0.3, -0.25) is 0 Å². The monoisotopic (exact) mass is 381 g/mol. The molecule has 1 heterocycles. The summed E-state index contributed by atoms with van der Waals surface area (Å²) < 4.78 is 5.98. The number of benzene rings is 2. The molecule has 3 rings (SSSR count). The van der Waals surface area contributed by atoms with E-state index >= 15 is 0 Å². The molecule has 0 unspecified atom stereocenters. The zero-order valence-corrected chi connectivity index (χ0v) is 16.3. The van der Waals surface area contributed by atoms with Gasteiger partial charge in [0.05, 0.1) is 16.8 Å². The summed E-state index contributed by atoms with van der Waals surface area (Å²) in [4.78, 5) is 15.2. The summed E-state index contributed by atoms with van der Waals surface area (Å²) in [5.41, 5.74) is 4.37. The number of rotatable bonds is 6. The molecule has 6 heteroatoms. The van der Waals surface area contributed by atoms with Crippen molar-refractivity contribution in [1.29, 1.82) is 5.41 Å². The molecule has 0 atom stereocenters. The van der Waals surface area contributed by atoms with E-state index in [1.54, 1.807) is 11.3 Å². The Morgan fingerprint density at radius 1 is 1.30 bits per heavy atom. The van der Waals surface area contributed by atoms with Crippen LogP contribution in [-0.4, -0.2) is 30.3 Å². The van der Waals surface area contributed by atoms with Gasteiger partial charge in [0, 0.05) is 12.3 Å². The number of carbonyl (C=O) groups is 1. The molecule has 0 saturated heterocycles. The third kappa shape index (κ3) is 6.34. The number of nitrogens with zero attached hydrogens (tertiary/aromatic N) is 1. The number of aromatic nitrogens is 1. The first-order valence-electron chi connectivity index (χ1n) is 8.50. The summed E-state index contributed by atoms with van der Waals surface area (Å²) >= 11 is 1.58. The molecule has 0 fully saturated rings. The third-order valence-electron chi connectivity index (χ3n) is 3.67. The van der Waals surface area contributed by atoms with Crippen LogP contribution in [0.1, 0.15) is 16.7 Å². The van der Waals surface area contributed by atoms with Gasteiger partial charge in [0.15, 0.2) is 5.13 Å². The Hall–Kier alpha value is -2.99. The van der Waals surface area contributed by atoms with Crippen LogP contribution in [0, 0.1) is 19.3 Å². The highest BCUT2D eigenvalue weighted by Gasteiger charge is 2.02. The second kappa shape index (κ2) is 10.2. The summed E-state index contributed by atoms with van der Waals surface area (Å²) in [7, 11) is 0. The first-order valence-corrected chi connectivity index (χ1v) is 9.31. The predicted molar refractivity (Wildman–Crippen MR) is 113 cm³/mol. The molecule has 0 bridgehead atoms. The molecule has 0 amide bonds. The Kier molecular flexibility index (Phi) is 7.70. The number of fused-ring (bicyclic) bond motifs is 1. The van der Waals surface area contributed by atoms with E-state index in [-0.39, 0.29) is 0 Å². The smallest absolute Gasteiger partial charge is 0.330 e. The van der Waals surface area contributed by atoms with Gasteiger partial charge in [-0.2, -0.15) is 0 Å². The Bertz CT molecular complexity index is 901. The highest BCUT2D eigenvalue weighted by Crippen LogP contribution is 2.24. The Morgan fingerprint density at radius 3 is 2.74 bits per heavy atom. The molecule has 0 saturated carbocycles. The van der Waals surface area contributed by atoms with Crippen molar-refractivity contribution in [3.63, 3.8) is 0 Å². The average Bonchev–Trinajstić information content (AvgIpc) is 3.10. The van der Waals surface area contributed by atoms with Gasteiger partial charge in [-0.05, 0) is 37.1 Å². The zero-order chi connectivity index (χ0) is 19.6. The molecule has 0 radical (unpaired) electrons. The average molecular weight is 382 g/mol. The molecule has 3 aromatic rings. The number of anilines is 1. The molecular weight excluding hydrogens is 358 g/mol. The number of aryl methyl sites for hydroxylation is 2. The maximum Gasteiger partial charge on any atom is 0.330 e. The lowest BCUT2D eigenvalue weighted by Gasteiger charge is -2.02. The second-order valence-electron chi connectivity index (χ2n) is 5.79. The fourth-order valence-electron chi connectivity index (χ4n) is 2.23. The van der Waals surface area contributed by atoms with E-state index in [0.717, 1.165) is 27.0 Å². The van der Waals surface area contributed by atoms with Crippen molar-refractivity contribution in [3.8, 4) is 0 Å². The number of nitrogens with one attached hydrogen (secondary N) is 2. The zero-order valence-electron chi connectivity index (χ0n) is 15.5. The van der Waals surface area contributed by atoms with E-state index in [1.807, 2.05) is 50.2 Å². The normalized spacial score (nSPS) is 9.85. The molecule has 2 N–H and O–H groups in total. The number of para-hydroxylation sites is 1. The molecule has 0 spiro atoms. The fraction of sp³-hybridized carbons (Fsp3) is 0.190. The van der Waals surface area contributed by atoms with Gasteiger partial charge in [-0.1, -0.05) is 53.8 Å². The van der Waals surface area contributed by atoms with E-state index in [4.69, 9.17) is 10.1 Å². The number of carbonyl (C=O) groups excluding carboxylic acids is 1. The van der Waals surface area contributed by atoms with Crippen LogP contribution in [-0.2, 0) is 9.53 Å². The summed E-state index contributed by atoms with van der Waals surface area (Å²) in [6.45, 7) is 8.22. The molecule has 2 aromatic carbocycles. The Balaban J connectivity index is 0.000000223. The van der Waals surface area contributed by atoms with Gasteiger partial charge in [0.1, 0.15) is 6.61 Å². The third-order valence-corrected chi connectivity index (χ3v) is 4.67. The highest BCUT2D eigenvalue weighted by atomic mass is 32.1. The van der Waals surface area contributed by atoms with Crippen LogP contribution in [0.5, 0.6) is 0 Å². The summed E-state index contributed by atoms with van der Waals surface area (Å²) in [6.07, 6.45) is 2.54. The van der Waals surface area contributed by atoms with Crippen LogP contribution in [0.3, 0.4) is 0 Å². The SMILES string of the molecule is C=CC(=O)OCCNc1nc2ccccc2s1.Cc1ccc(C)c(C=N)c1. The molecule has 0 aliphatic heterocycles. The number of esters is 1. The van der Waals surface area contributed by atoms with Crippen molar-refractivity contribution >= 4 is 38.9 Å². The van der Waals surface area contributed by atoms with Gasteiger partial charge < -0.3 is 15.5 Å². The van der Waals surface area contributed by atoms with Crippen LogP contribution >= 0.6 is 11.3 Å². The number of ether oxygens (including phenoxy) is 1. The molecule has 0 aliphatic rings. The summed E-state index contributed by atoms with van der Waals surface area (Å²) in [6, 6.07) is 14.0. The molecule has 1 aromatic heterocycles. The van der Waals surface area contributed by atoms with E-state index in [0.29, 0.717) is 13.2 Å². The number of hydrogen-bond donors (Lipinski definition) is 2. The maximum atomic E-state index is 10.8. The minimum absolute atomic E-state index is 0.306. The summed E-state index contributed by atoms with van der Waals surface area (Å²) in [5.74, 6) is -0.406. The van der Waals surface area contributed by atoms with Crippen molar-refractivity contribution in [1.82, 2.24) is 4.98 Å². The lowest BCUT2D eigenvalue weighted by Crippen LogP contribution is -2.11. The van der Waals surface area contributed by atoms with Crippen LogP contribution < -0.4 is 5.32 Å². The van der Waals surface area contributed by atoms with E-state index in [2.05, 4.69) is 22.9 Å². The quantitative estimate of drug-likeness (QED) is 0.280. The van der Waals surface area contributed by atoms with Crippen LogP contribution in [0.4, 0.5) is 5.13 Å². The van der Waals surface area contributed by atoms with Crippen LogP contribution in [0.2, 0.25) is 0 Å². The lowest BCUT2D eigenvalue weighted by atomic mass is 10.1. The van der Waals surface area contributed by atoms with E-state index in [1.165, 1.54) is 17.3 Å². The first kappa shape index (κ1) is 20.3. The first-order chi connectivity index (χ1) is 13.0. The van der Waals surface area contributed by atoms with Crippen molar-refractivity contribution in [2.45, 2.75) is 13.8 Å². The van der Waals surface area contributed by atoms with E-state index in [9.17, 15) is 4.79 Å². The molecule has 0 aliphatic carbocycles. The fourth-order valence-corrected chi connectivity index (χ4v) is 3.12. The predicted octanol–water partition coefficient (Wildman–Crippen LogP) is 4.74.